The number of aliphatic imine (C=N–C) groups is 1. The lowest BCUT2D eigenvalue weighted by Gasteiger charge is -2.21. The van der Waals surface area contributed by atoms with Crippen molar-refractivity contribution in [3.63, 3.8) is 0 Å². The van der Waals surface area contributed by atoms with Crippen LogP contribution in [-0.4, -0.2) is 34.0 Å². The normalized spacial score (nSPS) is 17.2. The van der Waals surface area contributed by atoms with Crippen molar-refractivity contribution in [2.24, 2.45) is 4.99 Å². The summed E-state index contributed by atoms with van der Waals surface area (Å²) >= 11 is 6.25. The second-order valence-electron chi connectivity index (χ2n) is 9.49. The molecule has 0 bridgehead atoms. The minimum Gasteiger partial charge on any atom is -0.329 e. The summed E-state index contributed by atoms with van der Waals surface area (Å²) in [6.07, 6.45) is 4.05. The number of benzene rings is 1. The van der Waals surface area contributed by atoms with Gasteiger partial charge in [0.2, 0.25) is 5.95 Å². The fraction of sp³-hybridized carbons (Fsp3) is 0.480. The van der Waals surface area contributed by atoms with Gasteiger partial charge in [0, 0.05) is 17.3 Å². The number of nitriles is 1. The molecule has 1 aliphatic rings. The number of imidazole rings is 1. The Morgan fingerprint density at radius 1 is 1.36 bits per heavy atom. The Morgan fingerprint density at radius 2 is 2.12 bits per heavy atom. The van der Waals surface area contributed by atoms with E-state index in [0.29, 0.717) is 16.5 Å². The molecule has 0 aliphatic carbocycles. The first-order chi connectivity index (χ1) is 15.6. The van der Waals surface area contributed by atoms with Gasteiger partial charge in [-0.3, -0.25) is 9.56 Å². The van der Waals surface area contributed by atoms with Crippen LogP contribution in [-0.2, 0) is 0 Å². The molecular formula is C25H34ClN7. The number of rotatable bonds is 6. The Bertz CT molecular complexity index is 1090. The number of amidine groups is 1. The van der Waals surface area contributed by atoms with Crippen LogP contribution >= 0.6 is 11.6 Å². The molecule has 2 aromatic rings. The molecule has 0 saturated carbocycles. The Morgan fingerprint density at radius 3 is 2.73 bits per heavy atom. The molecule has 7 nitrogen and oxygen atoms in total. The van der Waals surface area contributed by atoms with Crippen LogP contribution in [0.4, 0.5) is 17.5 Å². The highest BCUT2D eigenvalue weighted by molar-refractivity contribution is 6.31. The molecule has 8 heteroatoms. The molecule has 0 amide bonds. The summed E-state index contributed by atoms with van der Waals surface area (Å²) in [4.78, 5) is 9.77. The molecule has 0 radical (unpaired) electrons. The minimum atomic E-state index is -0.193. The Labute approximate surface area is 202 Å². The number of hydrogen-bond acceptors (Lipinski definition) is 5. The number of halogens is 1. The number of nitrogens with zero attached hydrogens (tertiary/aromatic N) is 4. The Balaban J connectivity index is 2.15. The van der Waals surface area contributed by atoms with Crippen LogP contribution in [0, 0.1) is 11.3 Å². The largest absolute Gasteiger partial charge is 0.329 e. The molecule has 1 atom stereocenters. The Hall–Kier alpha value is -2.82. The summed E-state index contributed by atoms with van der Waals surface area (Å²) in [6, 6.07) is 7.63. The van der Waals surface area contributed by atoms with Gasteiger partial charge < -0.3 is 16.0 Å². The van der Waals surface area contributed by atoms with Crippen LogP contribution in [0.3, 0.4) is 0 Å². The van der Waals surface area contributed by atoms with Gasteiger partial charge in [0.05, 0.1) is 29.0 Å². The minimum absolute atomic E-state index is 0.193. The van der Waals surface area contributed by atoms with Crippen LogP contribution < -0.4 is 16.0 Å². The molecule has 1 aromatic heterocycles. The summed E-state index contributed by atoms with van der Waals surface area (Å²) in [7, 11) is 0. The predicted molar refractivity (Wildman–Crippen MR) is 139 cm³/mol. The third-order valence-electron chi connectivity index (χ3n) is 5.36. The third-order valence-corrected chi connectivity index (χ3v) is 5.58. The van der Waals surface area contributed by atoms with Crippen LogP contribution in [0.1, 0.15) is 71.7 Å². The van der Waals surface area contributed by atoms with Crippen molar-refractivity contribution >= 4 is 41.0 Å². The molecule has 176 valence electrons. The molecule has 1 unspecified atom stereocenters. The zero-order chi connectivity index (χ0) is 24.2. The fourth-order valence-electron chi connectivity index (χ4n) is 3.87. The van der Waals surface area contributed by atoms with Crippen molar-refractivity contribution in [2.45, 2.75) is 66.0 Å². The first-order valence-electron chi connectivity index (χ1n) is 11.4. The quantitative estimate of drug-likeness (QED) is 0.351. The second-order valence-corrected chi connectivity index (χ2v) is 9.92. The average molecular weight is 468 g/mol. The second kappa shape index (κ2) is 10.4. The number of anilines is 3. The lowest BCUT2D eigenvalue weighted by atomic mass is 10.1. The van der Waals surface area contributed by atoms with Gasteiger partial charge in [-0.25, -0.2) is 4.98 Å². The van der Waals surface area contributed by atoms with Gasteiger partial charge >= 0.3 is 0 Å². The van der Waals surface area contributed by atoms with Gasteiger partial charge in [-0.2, -0.15) is 5.26 Å². The van der Waals surface area contributed by atoms with Gasteiger partial charge in [0.1, 0.15) is 11.5 Å². The van der Waals surface area contributed by atoms with E-state index in [1.807, 2.05) is 6.92 Å². The van der Waals surface area contributed by atoms with Crippen LogP contribution in [0.25, 0.3) is 6.08 Å². The number of allylic oxidation sites excluding steroid dienone is 1. The van der Waals surface area contributed by atoms with Gasteiger partial charge in [-0.05, 0) is 78.3 Å². The van der Waals surface area contributed by atoms with Crippen LogP contribution in [0.15, 0.2) is 28.8 Å². The smallest absolute Gasteiger partial charge is 0.209 e. The number of hydrogen-bond donors (Lipinski definition) is 3. The summed E-state index contributed by atoms with van der Waals surface area (Å²) in [5.74, 6) is 2.45. The van der Waals surface area contributed by atoms with E-state index in [2.05, 4.69) is 67.3 Å². The summed E-state index contributed by atoms with van der Waals surface area (Å²) in [6.45, 7) is 14.3. The molecule has 33 heavy (non-hydrogen) atoms. The third kappa shape index (κ3) is 6.59. The van der Waals surface area contributed by atoms with Crippen LogP contribution in [0.5, 0.6) is 0 Å². The molecule has 3 N–H and O–H groups in total. The van der Waals surface area contributed by atoms with Crippen molar-refractivity contribution in [3.05, 3.63) is 40.1 Å². The average Bonchev–Trinajstić information content (AvgIpc) is 3.34. The molecule has 2 heterocycles. The monoisotopic (exact) mass is 467 g/mol. The molecule has 1 aliphatic heterocycles. The highest BCUT2D eigenvalue weighted by Gasteiger charge is 2.26. The summed E-state index contributed by atoms with van der Waals surface area (Å²) in [5, 5.41) is 20.3. The highest BCUT2D eigenvalue weighted by Crippen LogP contribution is 2.33. The topological polar surface area (TPSA) is 90.1 Å². The van der Waals surface area contributed by atoms with E-state index in [4.69, 9.17) is 21.6 Å². The first kappa shape index (κ1) is 24.8. The molecule has 1 fully saturated rings. The zero-order valence-electron chi connectivity index (χ0n) is 20.4. The Kier molecular flexibility index (Phi) is 7.83. The molecular weight excluding hydrogens is 434 g/mol. The molecule has 3 rings (SSSR count). The van der Waals surface area contributed by atoms with E-state index in [-0.39, 0.29) is 11.6 Å². The SMILES string of the molecule is CC/C(C)=C/c1nc(Nc2cc(Cl)cc(C#N)c2)n(C2CCNC2)c1NC(C)=NC(C)(C)C. The zero-order valence-corrected chi connectivity index (χ0v) is 21.1. The number of nitrogens with one attached hydrogen (secondary N) is 3. The van der Waals surface area contributed by atoms with Crippen molar-refractivity contribution in [3.8, 4) is 6.07 Å². The van der Waals surface area contributed by atoms with Crippen molar-refractivity contribution in [1.82, 2.24) is 14.9 Å². The summed E-state index contributed by atoms with van der Waals surface area (Å²) < 4.78 is 2.21. The van der Waals surface area contributed by atoms with Gasteiger partial charge in [-0.15, -0.1) is 0 Å². The lowest BCUT2D eigenvalue weighted by molar-refractivity contribution is 0.559. The summed E-state index contributed by atoms with van der Waals surface area (Å²) in [5.41, 5.74) is 3.13. The van der Waals surface area contributed by atoms with E-state index >= 15 is 0 Å². The van der Waals surface area contributed by atoms with Gasteiger partial charge in [0.25, 0.3) is 0 Å². The maximum absolute atomic E-state index is 9.35. The first-order valence-corrected chi connectivity index (χ1v) is 11.8. The van der Waals surface area contributed by atoms with Crippen molar-refractivity contribution in [2.75, 3.05) is 23.7 Å². The van der Waals surface area contributed by atoms with E-state index in [0.717, 1.165) is 49.0 Å². The molecule has 0 spiro atoms. The fourth-order valence-corrected chi connectivity index (χ4v) is 4.11. The maximum Gasteiger partial charge on any atom is 0.209 e. The molecule has 1 aromatic carbocycles. The predicted octanol–water partition coefficient (Wildman–Crippen LogP) is 6.13. The van der Waals surface area contributed by atoms with E-state index in [1.165, 1.54) is 5.57 Å². The lowest BCUT2D eigenvalue weighted by Crippen LogP contribution is -2.22. The van der Waals surface area contributed by atoms with E-state index < -0.39 is 0 Å². The van der Waals surface area contributed by atoms with Gasteiger partial charge in [0.15, 0.2) is 0 Å². The standard InChI is InChI=1S/C25H34ClN7/c1-7-16(2)10-22-23(29-17(3)32-25(4,5)6)33(21-8-9-28-15-21)24(31-22)30-20-12-18(14-27)11-19(26)13-20/h10-13,21,28H,7-9,15H2,1-6H3,(H,29,32)(H,30,31)/b16-10+. The highest BCUT2D eigenvalue weighted by atomic mass is 35.5. The number of aromatic nitrogens is 2. The van der Waals surface area contributed by atoms with Crippen molar-refractivity contribution < 1.29 is 0 Å². The van der Waals surface area contributed by atoms with Crippen LogP contribution in [0.2, 0.25) is 5.02 Å². The van der Waals surface area contributed by atoms with Gasteiger partial charge in [-0.1, -0.05) is 24.1 Å². The molecule has 1 saturated heterocycles. The van der Waals surface area contributed by atoms with E-state index in [9.17, 15) is 5.26 Å². The maximum atomic E-state index is 9.35. The van der Waals surface area contributed by atoms with E-state index in [1.54, 1.807) is 18.2 Å². The van der Waals surface area contributed by atoms with Crippen molar-refractivity contribution in [1.29, 1.82) is 5.26 Å².